The highest BCUT2D eigenvalue weighted by molar-refractivity contribution is 5.75. The van der Waals surface area contributed by atoms with Gasteiger partial charge >= 0.3 is 18.8 Å². The van der Waals surface area contributed by atoms with E-state index in [1.54, 1.807) is 0 Å². The molecule has 0 aliphatic carbocycles. The first-order valence-electron chi connectivity index (χ1n) is 10.1. The number of hydrogen-bond acceptors (Lipinski definition) is 3. The molecule has 1 fully saturated rings. The molecular weight excluding hydrogens is 435 g/mol. The molecule has 1 aliphatic heterocycles. The third-order valence-corrected chi connectivity index (χ3v) is 4.95. The Labute approximate surface area is 182 Å². The Balaban J connectivity index is 1.83. The predicted octanol–water partition coefficient (Wildman–Crippen LogP) is 5.22. The molecule has 1 atom stereocenters. The Hall–Kier alpha value is -2.88. The van der Waals surface area contributed by atoms with Crippen LogP contribution >= 0.6 is 0 Å². The number of rotatable bonds is 8. The summed E-state index contributed by atoms with van der Waals surface area (Å²) in [4.78, 5) is 13.5. The largest absolute Gasteiger partial charge is 0.435 e. The fraction of sp³-hybridized carbons (Fsp3) is 0.409. The van der Waals surface area contributed by atoms with E-state index in [0.29, 0.717) is 12.1 Å². The Morgan fingerprint density at radius 1 is 1.12 bits per heavy atom. The SMILES string of the molecule is CCCNC(=O)N1CC(OC(c2ccc(OC(F)F)cc2)c2ccccc2C(F)(F)F)C1. The Morgan fingerprint density at radius 2 is 1.78 bits per heavy atom. The van der Waals surface area contributed by atoms with Crippen molar-refractivity contribution in [3.8, 4) is 5.75 Å². The summed E-state index contributed by atoms with van der Waals surface area (Å²) in [6.07, 6.45) is -5.42. The minimum absolute atomic E-state index is 0.101. The predicted molar refractivity (Wildman–Crippen MR) is 106 cm³/mol. The molecular formula is C22H23F5N2O3. The summed E-state index contributed by atoms with van der Waals surface area (Å²) < 4.78 is 76.0. The molecule has 0 spiro atoms. The third-order valence-electron chi connectivity index (χ3n) is 4.95. The van der Waals surface area contributed by atoms with E-state index in [1.165, 1.54) is 47.4 Å². The number of carbonyl (C=O) groups excluding carboxylic acids is 1. The highest BCUT2D eigenvalue weighted by atomic mass is 19.4. The molecule has 1 aliphatic rings. The Kier molecular flexibility index (Phi) is 7.55. The molecule has 0 saturated carbocycles. The number of nitrogens with zero attached hydrogens (tertiary/aromatic N) is 1. The van der Waals surface area contributed by atoms with Gasteiger partial charge in [0.15, 0.2) is 0 Å². The van der Waals surface area contributed by atoms with Gasteiger partial charge in [-0.15, -0.1) is 0 Å². The molecule has 2 aromatic carbocycles. The molecule has 1 saturated heterocycles. The van der Waals surface area contributed by atoms with Crippen molar-refractivity contribution >= 4 is 6.03 Å². The molecule has 1 heterocycles. The van der Waals surface area contributed by atoms with Crippen molar-refractivity contribution in [1.82, 2.24) is 10.2 Å². The second-order valence-electron chi connectivity index (χ2n) is 7.31. The van der Waals surface area contributed by atoms with Crippen LogP contribution in [0.4, 0.5) is 26.7 Å². The normalized spacial score (nSPS) is 15.4. The summed E-state index contributed by atoms with van der Waals surface area (Å²) in [5.41, 5.74) is -0.608. The quantitative estimate of drug-likeness (QED) is 0.552. The van der Waals surface area contributed by atoms with E-state index in [9.17, 15) is 26.7 Å². The number of benzene rings is 2. The number of amides is 2. The minimum atomic E-state index is -4.61. The first-order chi connectivity index (χ1) is 15.2. The van der Waals surface area contributed by atoms with Gasteiger partial charge in [0.2, 0.25) is 0 Å². The van der Waals surface area contributed by atoms with E-state index < -0.39 is 30.6 Å². The van der Waals surface area contributed by atoms with E-state index in [-0.39, 0.29) is 30.4 Å². The average molecular weight is 458 g/mol. The molecule has 0 bridgehead atoms. The van der Waals surface area contributed by atoms with E-state index >= 15 is 0 Å². The molecule has 2 aromatic rings. The zero-order valence-corrected chi connectivity index (χ0v) is 17.2. The summed E-state index contributed by atoms with van der Waals surface area (Å²) in [5.74, 6) is -0.117. The van der Waals surface area contributed by atoms with Crippen LogP contribution in [0.5, 0.6) is 5.75 Å². The first-order valence-corrected chi connectivity index (χ1v) is 10.1. The van der Waals surface area contributed by atoms with Gasteiger partial charge < -0.3 is 19.7 Å². The van der Waals surface area contributed by atoms with E-state index in [1.807, 2.05) is 6.92 Å². The van der Waals surface area contributed by atoms with Gasteiger partial charge in [0, 0.05) is 6.54 Å². The van der Waals surface area contributed by atoms with Crippen LogP contribution in [-0.2, 0) is 10.9 Å². The van der Waals surface area contributed by atoms with Gasteiger partial charge in [0.25, 0.3) is 0 Å². The molecule has 3 rings (SSSR count). The van der Waals surface area contributed by atoms with Crippen LogP contribution in [0.25, 0.3) is 0 Å². The number of nitrogens with one attached hydrogen (secondary N) is 1. The lowest BCUT2D eigenvalue weighted by molar-refractivity contribution is -0.140. The number of halogens is 5. The van der Waals surface area contributed by atoms with Gasteiger partial charge in [-0.25, -0.2) is 4.79 Å². The number of likely N-dealkylation sites (tertiary alicyclic amines) is 1. The zero-order chi connectivity index (χ0) is 23.3. The van der Waals surface area contributed by atoms with Gasteiger partial charge in [0.05, 0.1) is 24.8 Å². The molecule has 32 heavy (non-hydrogen) atoms. The van der Waals surface area contributed by atoms with Gasteiger partial charge in [-0.05, 0) is 35.7 Å². The van der Waals surface area contributed by atoms with Crippen LogP contribution in [0.3, 0.4) is 0 Å². The third kappa shape index (κ3) is 5.87. The summed E-state index contributed by atoms with van der Waals surface area (Å²) in [6.45, 7) is -0.115. The fourth-order valence-corrected chi connectivity index (χ4v) is 3.37. The average Bonchev–Trinajstić information content (AvgIpc) is 2.71. The van der Waals surface area contributed by atoms with Gasteiger partial charge in [-0.3, -0.25) is 0 Å². The van der Waals surface area contributed by atoms with Crippen LogP contribution in [-0.4, -0.2) is 43.3 Å². The summed E-state index contributed by atoms with van der Waals surface area (Å²) in [5, 5.41) is 2.73. The highest BCUT2D eigenvalue weighted by Crippen LogP contribution is 2.39. The number of urea groups is 1. The molecule has 0 aromatic heterocycles. The zero-order valence-electron chi connectivity index (χ0n) is 17.2. The highest BCUT2D eigenvalue weighted by Gasteiger charge is 2.38. The van der Waals surface area contributed by atoms with Crippen molar-refractivity contribution in [3.05, 3.63) is 65.2 Å². The number of ether oxygens (including phenoxy) is 2. The van der Waals surface area contributed by atoms with Gasteiger partial charge in [-0.2, -0.15) is 22.0 Å². The summed E-state index contributed by atoms with van der Waals surface area (Å²) in [6, 6.07) is 10.1. The van der Waals surface area contributed by atoms with Crippen LogP contribution in [0, 0.1) is 0 Å². The standard InChI is InChI=1S/C22H23F5N2O3/c1-2-11-28-21(30)29-12-16(13-29)31-19(14-7-9-15(10-8-14)32-20(23)24)17-5-3-4-6-18(17)22(25,26)27/h3-10,16,19-20H,2,11-13H2,1H3,(H,28,30). The molecule has 0 radical (unpaired) electrons. The lowest BCUT2D eigenvalue weighted by atomic mass is 9.95. The second kappa shape index (κ2) is 10.2. The molecule has 1 N–H and O–H groups in total. The first kappa shape index (κ1) is 23.8. The van der Waals surface area contributed by atoms with Crippen LogP contribution < -0.4 is 10.1 Å². The summed E-state index contributed by atoms with van der Waals surface area (Å²) >= 11 is 0. The maximum atomic E-state index is 13.6. The molecule has 1 unspecified atom stereocenters. The van der Waals surface area contributed by atoms with Gasteiger partial charge in [-0.1, -0.05) is 37.3 Å². The van der Waals surface area contributed by atoms with Crippen molar-refractivity contribution in [3.63, 3.8) is 0 Å². The van der Waals surface area contributed by atoms with Crippen molar-refractivity contribution in [2.75, 3.05) is 19.6 Å². The fourth-order valence-electron chi connectivity index (χ4n) is 3.37. The topological polar surface area (TPSA) is 50.8 Å². The number of carbonyl (C=O) groups is 1. The Morgan fingerprint density at radius 3 is 2.38 bits per heavy atom. The number of alkyl halides is 5. The molecule has 5 nitrogen and oxygen atoms in total. The van der Waals surface area contributed by atoms with Crippen molar-refractivity contribution in [1.29, 1.82) is 0 Å². The van der Waals surface area contributed by atoms with Crippen molar-refractivity contribution in [2.45, 2.75) is 38.3 Å². The summed E-state index contributed by atoms with van der Waals surface area (Å²) in [7, 11) is 0. The van der Waals surface area contributed by atoms with Crippen molar-refractivity contribution in [2.24, 2.45) is 0 Å². The van der Waals surface area contributed by atoms with E-state index in [4.69, 9.17) is 4.74 Å². The molecule has 10 heteroatoms. The molecule has 174 valence electrons. The van der Waals surface area contributed by atoms with Crippen molar-refractivity contribution < 1.29 is 36.2 Å². The van der Waals surface area contributed by atoms with Gasteiger partial charge in [0.1, 0.15) is 11.9 Å². The van der Waals surface area contributed by atoms with Crippen LogP contribution in [0.2, 0.25) is 0 Å². The lowest BCUT2D eigenvalue weighted by Gasteiger charge is -2.41. The second-order valence-corrected chi connectivity index (χ2v) is 7.31. The van der Waals surface area contributed by atoms with Crippen LogP contribution in [0.15, 0.2) is 48.5 Å². The monoisotopic (exact) mass is 458 g/mol. The van der Waals surface area contributed by atoms with Crippen LogP contribution in [0.1, 0.15) is 36.1 Å². The van der Waals surface area contributed by atoms with E-state index in [2.05, 4.69) is 10.1 Å². The maximum Gasteiger partial charge on any atom is 0.416 e. The number of hydrogen-bond donors (Lipinski definition) is 1. The maximum absolute atomic E-state index is 13.6. The molecule has 2 amide bonds. The Bertz CT molecular complexity index is 899. The van der Waals surface area contributed by atoms with E-state index in [0.717, 1.165) is 12.5 Å². The minimum Gasteiger partial charge on any atom is -0.435 e. The lowest BCUT2D eigenvalue weighted by Crippen LogP contribution is -2.58. The smallest absolute Gasteiger partial charge is 0.416 e.